The van der Waals surface area contributed by atoms with Gasteiger partial charge in [0.15, 0.2) is 11.5 Å². The van der Waals surface area contributed by atoms with Crippen LogP contribution < -0.4 is 4.90 Å². The zero-order valence-electron chi connectivity index (χ0n) is 9.17. The Morgan fingerprint density at radius 3 is 2.88 bits per heavy atom. The molecule has 1 aromatic heterocycles. The summed E-state index contributed by atoms with van der Waals surface area (Å²) in [5.41, 5.74) is 2.80. The molecule has 0 spiro atoms. The highest BCUT2D eigenvalue weighted by molar-refractivity contribution is 5.69. The maximum atomic E-state index is 9.05. The smallest absolute Gasteiger partial charge is 0.183 e. The molecule has 0 N–H and O–H groups in total. The van der Waals surface area contributed by atoms with Gasteiger partial charge in [0.1, 0.15) is 6.07 Å². The van der Waals surface area contributed by atoms with E-state index in [9.17, 15) is 0 Å². The number of fused-ring (bicyclic) bond motifs is 1. The molecule has 1 aliphatic heterocycles. The minimum Gasteiger partial charge on any atom is -0.323 e. The van der Waals surface area contributed by atoms with E-state index in [0.717, 1.165) is 18.7 Å². The molecule has 17 heavy (non-hydrogen) atoms. The standard InChI is InChI=1S/C13H10N4/c14-9-11-13(16-7-6-15-11)17-8-5-10-3-1-2-4-12(10)17/h1-4,6-7H,5,8H2. The van der Waals surface area contributed by atoms with Crippen LogP contribution in [0.5, 0.6) is 0 Å². The van der Waals surface area contributed by atoms with Gasteiger partial charge in [-0.05, 0) is 18.1 Å². The molecular formula is C13H10N4. The Morgan fingerprint density at radius 1 is 1.18 bits per heavy atom. The molecule has 0 saturated heterocycles. The molecule has 2 heterocycles. The van der Waals surface area contributed by atoms with Gasteiger partial charge in [-0.25, -0.2) is 9.97 Å². The number of hydrogen-bond donors (Lipinski definition) is 0. The number of nitrogens with zero attached hydrogens (tertiary/aromatic N) is 4. The Labute approximate surface area is 99.2 Å². The van der Waals surface area contributed by atoms with Gasteiger partial charge in [-0.15, -0.1) is 0 Å². The fourth-order valence-corrected chi connectivity index (χ4v) is 2.17. The highest BCUT2D eigenvalue weighted by atomic mass is 15.2. The van der Waals surface area contributed by atoms with Crippen LogP contribution in [0.2, 0.25) is 0 Å². The second-order valence-electron chi connectivity index (χ2n) is 3.87. The van der Waals surface area contributed by atoms with Crippen molar-refractivity contribution in [3.05, 3.63) is 47.9 Å². The van der Waals surface area contributed by atoms with Crippen LogP contribution >= 0.6 is 0 Å². The van der Waals surface area contributed by atoms with Crippen molar-refractivity contribution < 1.29 is 0 Å². The fraction of sp³-hybridized carbons (Fsp3) is 0.154. The van der Waals surface area contributed by atoms with Gasteiger partial charge in [0.25, 0.3) is 0 Å². The van der Waals surface area contributed by atoms with Crippen LogP contribution in [-0.2, 0) is 6.42 Å². The van der Waals surface area contributed by atoms with Gasteiger partial charge in [0.05, 0.1) is 0 Å². The molecule has 82 valence electrons. The molecular weight excluding hydrogens is 212 g/mol. The van der Waals surface area contributed by atoms with Crippen molar-refractivity contribution in [2.75, 3.05) is 11.4 Å². The van der Waals surface area contributed by atoms with E-state index in [0.29, 0.717) is 11.5 Å². The first-order valence-electron chi connectivity index (χ1n) is 5.46. The Bertz CT molecular complexity index is 600. The predicted octanol–water partition coefficient (Wildman–Crippen LogP) is 2.04. The number of benzene rings is 1. The lowest BCUT2D eigenvalue weighted by atomic mass is 10.2. The van der Waals surface area contributed by atoms with Crippen LogP contribution in [0.25, 0.3) is 0 Å². The molecule has 0 radical (unpaired) electrons. The van der Waals surface area contributed by atoms with Gasteiger partial charge >= 0.3 is 0 Å². The van der Waals surface area contributed by atoms with Crippen molar-refractivity contribution in [1.29, 1.82) is 5.26 Å². The molecule has 0 bridgehead atoms. The van der Waals surface area contributed by atoms with E-state index in [-0.39, 0.29) is 0 Å². The van der Waals surface area contributed by atoms with Crippen LogP contribution in [-0.4, -0.2) is 16.5 Å². The van der Waals surface area contributed by atoms with Crippen molar-refractivity contribution in [3.8, 4) is 6.07 Å². The molecule has 4 heteroatoms. The summed E-state index contributed by atoms with van der Waals surface area (Å²) in [6.45, 7) is 0.854. The van der Waals surface area contributed by atoms with Crippen molar-refractivity contribution in [3.63, 3.8) is 0 Å². The van der Waals surface area contributed by atoms with E-state index in [1.165, 1.54) is 5.56 Å². The zero-order chi connectivity index (χ0) is 11.7. The molecule has 1 aromatic carbocycles. The summed E-state index contributed by atoms with van der Waals surface area (Å²) < 4.78 is 0. The fourth-order valence-electron chi connectivity index (χ4n) is 2.17. The highest BCUT2D eigenvalue weighted by Crippen LogP contribution is 2.33. The first kappa shape index (κ1) is 9.79. The average Bonchev–Trinajstić information content (AvgIpc) is 2.82. The third-order valence-electron chi connectivity index (χ3n) is 2.93. The number of para-hydroxylation sites is 1. The van der Waals surface area contributed by atoms with Gasteiger partial charge in [0, 0.05) is 24.6 Å². The minimum absolute atomic E-state index is 0.379. The number of hydrogen-bond acceptors (Lipinski definition) is 4. The third-order valence-corrected chi connectivity index (χ3v) is 2.93. The van der Waals surface area contributed by atoms with Crippen LogP contribution in [0.1, 0.15) is 11.3 Å². The quantitative estimate of drug-likeness (QED) is 0.741. The van der Waals surface area contributed by atoms with Crippen molar-refractivity contribution in [2.24, 2.45) is 0 Å². The molecule has 4 nitrogen and oxygen atoms in total. The first-order valence-corrected chi connectivity index (χ1v) is 5.46. The Morgan fingerprint density at radius 2 is 2.00 bits per heavy atom. The number of rotatable bonds is 1. The molecule has 3 rings (SSSR count). The lowest BCUT2D eigenvalue weighted by Crippen LogP contribution is -2.16. The second-order valence-corrected chi connectivity index (χ2v) is 3.87. The summed E-state index contributed by atoms with van der Waals surface area (Å²) in [5.74, 6) is 0.653. The Hall–Kier alpha value is -2.41. The van der Waals surface area contributed by atoms with E-state index in [4.69, 9.17) is 5.26 Å². The Kier molecular flexibility index (Phi) is 2.23. The normalized spacial score (nSPS) is 13.2. The summed E-state index contributed by atoms with van der Waals surface area (Å²) in [6.07, 6.45) is 4.15. The second kappa shape index (κ2) is 3.87. The van der Waals surface area contributed by atoms with E-state index >= 15 is 0 Å². The summed E-state index contributed by atoms with van der Waals surface area (Å²) in [7, 11) is 0. The average molecular weight is 222 g/mol. The Balaban J connectivity index is 2.11. The SMILES string of the molecule is N#Cc1nccnc1N1CCc2ccccc21. The largest absolute Gasteiger partial charge is 0.323 e. The molecule has 0 saturated carbocycles. The van der Waals surface area contributed by atoms with E-state index in [1.807, 2.05) is 12.1 Å². The monoisotopic (exact) mass is 222 g/mol. The predicted molar refractivity (Wildman–Crippen MR) is 63.9 cm³/mol. The summed E-state index contributed by atoms with van der Waals surface area (Å²) >= 11 is 0. The summed E-state index contributed by atoms with van der Waals surface area (Å²) in [6, 6.07) is 10.3. The lowest BCUT2D eigenvalue weighted by molar-refractivity contribution is 0.958. The topological polar surface area (TPSA) is 52.8 Å². The highest BCUT2D eigenvalue weighted by Gasteiger charge is 2.23. The zero-order valence-corrected chi connectivity index (χ0v) is 9.17. The molecule has 2 aromatic rings. The molecule has 0 aliphatic carbocycles. The maximum absolute atomic E-state index is 9.05. The molecule has 0 atom stereocenters. The van der Waals surface area contributed by atoms with Crippen LogP contribution in [0.3, 0.4) is 0 Å². The van der Waals surface area contributed by atoms with Crippen LogP contribution in [0.4, 0.5) is 11.5 Å². The van der Waals surface area contributed by atoms with Gasteiger partial charge in [-0.3, -0.25) is 0 Å². The molecule has 0 fully saturated rings. The van der Waals surface area contributed by atoms with Crippen molar-refractivity contribution >= 4 is 11.5 Å². The van der Waals surface area contributed by atoms with Gasteiger partial charge in [-0.2, -0.15) is 5.26 Å². The molecule has 1 aliphatic rings. The van der Waals surface area contributed by atoms with Gasteiger partial charge in [0.2, 0.25) is 0 Å². The number of aromatic nitrogens is 2. The first-order chi connectivity index (χ1) is 8.40. The van der Waals surface area contributed by atoms with E-state index in [1.54, 1.807) is 12.4 Å². The van der Waals surface area contributed by atoms with Crippen LogP contribution in [0.15, 0.2) is 36.7 Å². The number of anilines is 2. The summed E-state index contributed by atoms with van der Waals surface area (Å²) in [5, 5.41) is 9.05. The molecule has 0 amide bonds. The van der Waals surface area contributed by atoms with Crippen molar-refractivity contribution in [2.45, 2.75) is 6.42 Å². The van der Waals surface area contributed by atoms with E-state index < -0.39 is 0 Å². The van der Waals surface area contributed by atoms with Crippen LogP contribution in [0, 0.1) is 11.3 Å². The minimum atomic E-state index is 0.379. The number of nitriles is 1. The van der Waals surface area contributed by atoms with E-state index in [2.05, 4.69) is 33.1 Å². The third kappa shape index (κ3) is 1.53. The molecule has 0 unspecified atom stereocenters. The van der Waals surface area contributed by atoms with Gasteiger partial charge in [-0.1, -0.05) is 18.2 Å². The van der Waals surface area contributed by atoms with Crippen molar-refractivity contribution in [1.82, 2.24) is 9.97 Å². The summed E-state index contributed by atoms with van der Waals surface area (Å²) in [4.78, 5) is 10.4. The lowest BCUT2D eigenvalue weighted by Gasteiger charge is -2.18. The van der Waals surface area contributed by atoms with Gasteiger partial charge < -0.3 is 4.90 Å². The maximum Gasteiger partial charge on any atom is 0.183 e.